The first kappa shape index (κ1) is 27.0. The highest BCUT2D eigenvalue weighted by Gasteiger charge is 2.11. The zero-order valence-electron chi connectivity index (χ0n) is 20.5. The third-order valence-corrected chi connectivity index (χ3v) is 6.43. The topological polar surface area (TPSA) is 75.4 Å². The van der Waals surface area contributed by atoms with E-state index in [1.54, 1.807) is 30.3 Å². The van der Waals surface area contributed by atoms with Crippen molar-refractivity contribution in [3.8, 4) is 5.75 Å². The number of nitrogens with one attached hydrogen (secondary N) is 1. The van der Waals surface area contributed by atoms with Crippen molar-refractivity contribution in [1.29, 1.82) is 0 Å². The Balaban J connectivity index is 0.000000178. The monoisotopic (exact) mass is 544 g/mol. The predicted octanol–water partition coefficient (Wildman–Crippen LogP) is 8.03. The van der Waals surface area contributed by atoms with Crippen LogP contribution in [-0.4, -0.2) is 16.0 Å². The number of benzene rings is 4. The molecule has 5 rings (SSSR count). The number of amides is 1. The van der Waals surface area contributed by atoms with Crippen molar-refractivity contribution < 1.29 is 14.3 Å². The highest BCUT2D eigenvalue weighted by Crippen LogP contribution is 2.25. The summed E-state index contributed by atoms with van der Waals surface area (Å²) in [5, 5.41) is 13.5. The Hall–Kier alpha value is -4.06. The summed E-state index contributed by atoms with van der Waals surface area (Å²) >= 11 is 12.1. The standard InChI is InChI=1S/C17H14ClNO.C14H12ClNO2/c1-2-6-12-8-5-10-15-17(12)20-16(19-15)11-13-7-3-4-9-14(13)18;15-11-6-2-1-5-10(11)9-14(18)16-12-7-3-4-8-13(12)17/h2-5,7-10H,1,6,11H2;1-8,17H,9H2,(H,16,18). The van der Waals surface area contributed by atoms with Gasteiger partial charge in [-0.25, -0.2) is 4.98 Å². The molecule has 1 heterocycles. The largest absolute Gasteiger partial charge is 0.506 e. The van der Waals surface area contributed by atoms with Crippen molar-refractivity contribution in [2.24, 2.45) is 0 Å². The summed E-state index contributed by atoms with van der Waals surface area (Å²) in [6.45, 7) is 3.77. The molecule has 38 heavy (non-hydrogen) atoms. The Bertz CT molecular complexity index is 1510. The number of anilines is 1. The number of aromatic nitrogens is 1. The van der Waals surface area contributed by atoms with Gasteiger partial charge < -0.3 is 14.8 Å². The molecule has 0 spiro atoms. The Morgan fingerprint density at radius 3 is 2.18 bits per heavy atom. The molecule has 0 aliphatic heterocycles. The van der Waals surface area contributed by atoms with E-state index in [2.05, 4.69) is 16.9 Å². The molecular weight excluding hydrogens is 519 g/mol. The Labute approximate surface area is 231 Å². The van der Waals surface area contributed by atoms with E-state index in [0.717, 1.165) is 39.2 Å². The SMILES string of the molecule is C=CCc1cccc2nc(Cc3ccccc3Cl)oc12.O=C(Cc1ccccc1Cl)Nc1ccccc1O. The third-order valence-electron chi connectivity index (χ3n) is 5.69. The summed E-state index contributed by atoms with van der Waals surface area (Å²) in [7, 11) is 0. The lowest BCUT2D eigenvalue weighted by Gasteiger charge is -2.07. The molecule has 2 N–H and O–H groups in total. The van der Waals surface area contributed by atoms with Crippen LogP contribution in [0.1, 0.15) is 22.6 Å². The van der Waals surface area contributed by atoms with Crippen LogP contribution in [0, 0.1) is 0 Å². The molecule has 4 aromatic carbocycles. The van der Waals surface area contributed by atoms with Gasteiger partial charge in [0.15, 0.2) is 11.5 Å². The van der Waals surface area contributed by atoms with Crippen LogP contribution < -0.4 is 5.32 Å². The molecule has 0 unspecified atom stereocenters. The van der Waals surface area contributed by atoms with Crippen LogP contribution in [0.25, 0.3) is 11.1 Å². The molecule has 0 saturated heterocycles. The first-order valence-electron chi connectivity index (χ1n) is 12.0. The molecule has 1 amide bonds. The molecule has 1 aromatic heterocycles. The number of phenols is 1. The lowest BCUT2D eigenvalue weighted by atomic mass is 10.1. The quantitative estimate of drug-likeness (QED) is 0.160. The number of fused-ring (bicyclic) bond motifs is 1. The number of phenolic OH excluding ortho intramolecular Hbond substituents is 1. The minimum Gasteiger partial charge on any atom is -0.506 e. The summed E-state index contributed by atoms with van der Waals surface area (Å²) < 4.78 is 5.89. The van der Waals surface area contributed by atoms with Gasteiger partial charge in [0.2, 0.25) is 5.91 Å². The Kier molecular flexibility index (Phi) is 9.20. The number of hydrogen-bond donors (Lipinski definition) is 2. The van der Waals surface area contributed by atoms with Crippen LogP contribution in [-0.2, 0) is 24.1 Å². The van der Waals surface area contributed by atoms with Gasteiger partial charge in [-0.1, -0.05) is 89.9 Å². The number of carbonyl (C=O) groups excluding carboxylic acids is 1. The van der Waals surface area contributed by atoms with Gasteiger partial charge in [0.05, 0.1) is 18.5 Å². The number of carbonyl (C=O) groups is 1. The predicted molar refractivity (Wildman–Crippen MR) is 154 cm³/mol. The zero-order chi connectivity index (χ0) is 26.9. The van der Waals surface area contributed by atoms with Crippen molar-refractivity contribution in [1.82, 2.24) is 4.98 Å². The lowest BCUT2D eigenvalue weighted by molar-refractivity contribution is -0.115. The molecule has 0 radical (unpaired) electrons. The average molecular weight is 545 g/mol. The summed E-state index contributed by atoms with van der Waals surface area (Å²) in [5.74, 6) is 0.513. The normalized spacial score (nSPS) is 10.5. The second-order valence-electron chi connectivity index (χ2n) is 8.47. The van der Waals surface area contributed by atoms with Crippen LogP contribution in [0.5, 0.6) is 5.75 Å². The molecule has 0 aliphatic carbocycles. The lowest BCUT2D eigenvalue weighted by Crippen LogP contribution is -2.14. The Morgan fingerprint density at radius 2 is 1.50 bits per heavy atom. The molecule has 0 atom stereocenters. The average Bonchev–Trinajstić information content (AvgIpc) is 3.32. The van der Waals surface area contributed by atoms with E-state index in [-0.39, 0.29) is 18.1 Å². The van der Waals surface area contributed by atoms with Crippen molar-refractivity contribution in [3.63, 3.8) is 0 Å². The maximum absolute atomic E-state index is 11.8. The fraction of sp³-hybridized carbons (Fsp3) is 0.0968. The number of hydrogen-bond acceptors (Lipinski definition) is 4. The van der Waals surface area contributed by atoms with Crippen LogP contribution in [0.4, 0.5) is 5.69 Å². The maximum Gasteiger partial charge on any atom is 0.228 e. The molecule has 0 bridgehead atoms. The minimum absolute atomic E-state index is 0.0463. The maximum atomic E-state index is 11.8. The number of nitrogens with zero attached hydrogens (tertiary/aromatic N) is 1. The van der Waals surface area contributed by atoms with Gasteiger partial charge in [0.25, 0.3) is 0 Å². The molecule has 192 valence electrons. The van der Waals surface area contributed by atoms with Gasteiger partial charge >= 0.3 is 0 Å². The highest BCUT2D eigenvalue weighted by atomic mass is 35.5. The molecule has 7 heteroatoms. The number of rotatable bonds is 7. The van der Waals surface area contributed by atoms with E-state index in [9.17, 15) is 9.90 Å². The summed E-state index contributed by atoms with van der Waals surface area (Å²) in [6.07, 6.45) is 3.42. The van der Waals surface area contributed by atoms with E-state index < -0.39 is 0 Å². The molecule has 0 saturated carbocycles. The summed E-state index contributed by atoms with van der Waals surface area (Å²) in [4.78, 5) is 16.3. The first-order chi connectivity index (χ1) is 18.4. The van der Waals surface area contributed by atoms with Crippen molar-refractivity contribution in [3.05, 3.63) is 136 Å². The smallest absolute Gasteiger partial charge is 0.228 e. The third kappa shape index (κ3) is 7.03. The summed E-state index contributed by atoms with van der Waals surface area (Å²) in [6, 6.07) is 27.5. The zero-order valence-corrected chi connectivity index (χ0v) is 22.0. The number of aromatic hydroxyl groups is 1. The van der Waals surface area contributed by atoms with Gasteiger partial charge in [0, 0.05) is 15.6 Å². The fourth-order valence-corrected chi connectivity index (χ4v) is 4.24. The van der Waals surface area contributed by atoms with Gasteiger partial charge in [0.1, 0.15) is 11.3 Å². The molecule has 5 aromatic rings. The van der Waals surface area contributed by atoms with Gasteiger partial charge in [-0.3, -0.25) is 4.79 Å². The molecule has 5 nitrogen and oxygen atoms in total. The van der Waals surface area contributed by atoms with Crippen molar-refractivity contribution in [2.45, 2.75) is 19.3 Å². The number of allylic oxidation sites excluding steroid dienone is 1. The van der Waals surface area contributed by atoms with Gasteiger partial charge in [-0.15, -0.1) is 6.58 Å². The van der Waals surface area contributed by atoms with Crippen LogP contribution in [0.2, 0.25) is 10.0 Å². The number of halogens is 2. The molecule has 0 aliphatic rings. The van der Waals surface area contributed by atoms with Crippen LogP contribution in [0.15, 0.2) is 108 Å². The first-order valence-corrected chi connectivity index (χ1v) is 12.7. The molecule has 0 fully saturated rings. The number of oxazole rings is 1. The highest BCUT2D eigenvalue weighted by molar-refractivity contribution is 6.31. The van der Waals surface area contributed by atoms with Crippen LogP contribution in [0.3, 0.4) is 0 Å². The number of para-hydroxylation sites is 3. The van der Waals surface area contributed by atoms with Crippen LogP contribution >= 0.6 is 23.2 Å². The van der Waals surface area contributed by atoms with Crippen molar-refractivity contribution >= 4 is 45.9 Å². The van der Waals surface area contributed by atoms with E-state index in [4.69, 9.17) is 27.6 Å². The van der Waals surface area contributed by atoms with E-state index in [0.29, 0.717) is 23.0 Å². The second-order valence-corrected chi connectivity index (χ2v) is 9.28. The molecular formula is C31H26Cl2N2O3. The van der Waals surface area contributed by atoms with E-state index in [1.807, 2.05) is 60.7 Å². The van der Waals surface area contributed by atoms with E-state index >= 15 is 0 Å². The van der Waals surface area contributed by atoms with Gasteiger partial charge in [-0.2, -0.15) is 0 Å². The fourth-order valence-electron chi connectivity index (χ4n) is 3.84. The van der Waals surface area contributed by atoms with Gasteiger partial charge in [-0.05, 0) is 47.9 Å². The second kappa shape index (κ2) is 13.0. The minimum atomic E-state index is -0.218. The Morgan fingerprint density at radius 1 is 0.868 bits per heavy atom. The van der Waals surface area contributed by atoms with Crippen molar-refractivity contribution in [2.75, 3.05) is 5.32 Å². The van der Waals surface area contributed by atoms with E-state index in [1.165, 1.54) is 6.07 Å². The summed E-state index contributed by atoms with van der Waals surface area (Å²) in [5.41, 5.74) is 5.00.